The molecular weight excluding hydrogens is 246 g/mol. The molecule has 1 aliphatic rings. The number of nitrogens with two attached hydrogens (primary N) is 1. The molecule has 1 aromatic heterocycles. The molecule has 1 unspecified atom stereocenters. The Hall–Kier alpha value is -1.82. The molecule has 2 rings (SSSR count). The summed E-state index contributed by atoms with van der Waals surface area (Å²) < 4.78 is 0. The van der Waals surface area contributed by atoms with Crippen molar-refractivity contribution in [2.75, 3.05) is 23.7 Å². The summed E-state index contributed by atoms with van der Waals surface area (Å²) in [5.41, 5.74) is 5.66. The maximum Gasteiger partial charge on any atom is 0.354 e. The molecule has 6 nitrogen and oxygen atoms in total. The summed E-state index contributed by atoms with van der Waals surface area (Å²) in [6.07, 6.45) is 2.17. The van der Waals surface area contributed by atoms with Gasteiger partial charge in [-0.3, -0.25) is 0 Å². The minimum absolute atomic E-state index is 0.0137. The van der Waals surface area contributed by atoms with Gasteiger partial charge in [0.1, 0.15) is 0 Å². The smallest absolute Gasteiger partial charge is 0.354 e. The van der Waals surface area contributed by atoms with Gasteiger partial charge in [0.2, 0.25) is 0 Å². The Morgan fingerprint density at radius 1 is 1.42 bits per heavy atom. The number of carbonyl (C=O) groups is 1. The lowest BCUT2D eigenvalue weighted by Crippen LogP contribution is -2.29. The first-order valence-electron chi connectivity index (χ1n) is 6.36. The molecule has 1 atom stereocenters. The van der Waals surface area contributed by atoms with Crippen LogP contribution in [-0.2, 0) is 0 Å². The molecular formula is C13H19N3O3. The molecule has 19 heavy (non-hydrogen) atoms. The Morgan fingerprint density at radius 3 is 2.84 bits per heavy atom. The van der Waals surface area contributed by atoms with Crippen LogP contribution in [0.4, 0.5) is 11.5 Å². The second-order valence-corrected chi connectivity index (χ2v) is 5.25. The quantitative estimate of drug-likeness (QED) is 0.740. The summed E-state index contributed by atoms with van der Waals surface area (Å²) in [7, 11) is 0. The zero-order chi connectivity index (χ0) is 14.0. The summed E-state index contributed by atoms with van der Waals surface area (Å²) in [4.78, 5) is 17.0. The van der Waals surface area contributed by atoms with Crippen LogP contribution in [0.2, 0.25) is 0 Å². The lowest BCUT2D eigenvalue weighted by Gasteiger charge is -2.24. The first-order valence-corrected chi connectivity index (χ1v) is 6.36. The van der Waals surface area contributed by atoms with Crippen LogP contribution in [0.1, 0.15) is 36.7 Å². The third kappa shape index (κ3) is 3.14. The average Bonchev–Trinajstić information content (AvgIpc) is 2.51. The van der Waals surface area contributed by atoms with Gasteiger partial charge in [-0.05, 0) is 38.3 Å². The minimum Gasteiger partial charge on any atom is -0.477 e. The summed E-state index contributed by atoms with van der Waals surface area (Å²) in [5.74, 6) is -0.569. The highest BCUT2D eigenvalue weighted by Crippen LogP contribution is 2.27. The molecule has 0 saturated carbocycles. The molecule has 1 aromatic rings. The maximum absolute atomic E-state index is 11.0. The fraction of sp³-hybridized carbons (Fsp3) is 0.538. The predicted molar refractivity (Wildman–Crippen MR) is 72.3 cm³/mol. The molecule has 1 fully saturated rings. The van der Waals surface area contributed by atoms with Gasteiger partial charge in [-0.15, -0.1) is 0 Å². The van der Waals surface area contributed by atoms with E-state index >= 15 is 0 Å². The SMILES string of the molecule is CC1(O)CCCN(c2nc(C(=O)O)ccc2N)CC1. The molecule has 0 aromatic carbocycles. The van der Waals surface area contributed by atoms with Crippen molar-refractivity contribution in [2.45, 2.75) is 31.8 Å². The molecule has 0 bridgehead atoms. The number of pyridine rings is 1. The van der Waals surface area contributed by atoms with Gasteiger partial charge < -0.3 is 20.8 Å². The Kier molecular flexibility index (Phi) is 3.61. The van der Waals surface area contributed by atoms with Crippen LogP contribution in [0.15, 0.2) is 12.1 Å². The van der Waals surface area contributed by atoms with Crippen LogP contribution < -0.4 is 10.6 Å². The van der Waals surface area contributed by atoms with E-state index in [9.17, 15) is 9.90 Å². The van der Waals surface area contributed by atoms with Crippen LogP contribution in [0.5, 0.6) is 0 Å². The lowest BCUT2D eigenvalue weighted by molar-refractivity contribution is 0.0481. The van der Waals surface area contributed by atoms with Gasteiger partial charge in [0.05, 0.1) is 11.3 Å². The number of aromatic carboxylic acids is 1. The molecule has 4 N–H and O–H groups in total. The first kappa shape index (κ1) is 13.6. The molecule has 0 aliphatic carbocycles. The third-order valence-corrected chi connectivity index (χ3v) is 3.49. The summed E-state index contributed by atoms with van der Waals surface area (Å²) in [6.45, 7) is 3.16. The number of rotatable bonds is 2. The van der Waals surface area contributed by atoms with Crippen molar-refractivity contribution < 1.29 is 15.0 Å². The normalized spacial score (nSPS) is 24.0. The van der Waals surface area contributed by atoms with E-state index in [4.69, 9.17) is 10.8 Å². The number of carboxylic acids is 1. The van der Waals surface area contributed by atoms with E-state index in [0.29, 0.717) is 24.5 Å². The maximum atomic E-state index is 11.0. The van der Waals surface area contributed by atoms with Crippen molar-refractivity contribution in [1.82, 2.24) is 4.98 Å². The summed E-state index contributed by atoms with van der Waals surface area (Å²) in [6, 6.07) is 2.96. The molecule has 1 saturated heterocycles. The van der Waals surface area contributed by atoms with Gasteiger partial charge >= 0.3 is 5.97 Å². The van der Waals surface area contributed by atoms with Crippen molar-refractivity contribution in [2.24, 2.45) is 0 Å². The predicted octanol–water partition coefficient (Wildman–Crippen LogP) is 1.10. The first-order chi connectivity index (χ1) is 8.89. The van der Waals surface area contributed by atoms with Gasteiger partial charge in [-0.25, -0.2) is 9.78 Å². The molecule has 0 amide bonds. The van der Waals surface area contributed by atoms with Gasteiger partial charge in [0.25, 0.3) is 0 Å². The van der Waals surface area contributed by atoms with Crippen LogP contribution in [0, 0.1) is 0 Å². The van der Waals surface area contributed by atoms with Crippen molar-refractivity contribution in [3.8, 4) is 0 Å². The molecule has 104 valence electrons. The number of carboxylic acid groups (broad SMARTS) is 1. The Balaban J connectivity index is 2.25. The third-order valence-electron chi connectivity index (χ3n) is 3.49. The second-order valence-electron chi connectivity index (χ2n) is 5.25. The summed E-state index contributed by atoms with van der Waals surface area (Å²) >= 11 is 0. The fourth-order valence-corrected chi connectivity index (χ4v) is 2.31. The molecule has 6 heteroatoms. The van der Waals surface area contributed by atoms with Crippen LogP contribution in [-0.4, -0.2) is 39.9 Å². The monoisotopic (exact) mass is 265 g/mol. The number of aromatic nitrogens is 1. The van der Waals surface area contributed by atoms with Crippen LogP contribution in [0.25, 0.3) is 0 Å². The molecule has 0 radical (unpaired) electrons. The zero-order valence-electron chi connectivity index (χ0n) is 11.0. The van der Waals surface area contributed by atoms with Crippen molar-refractivity contribution >= 4 is 17.5 Å². The highest BCUT2D eigenvalue weighted by molar-refractivity contribution is 5.87. The van der Waals surface area contributed by atoms with E-state index in [-0.39, 0.29) is 5.69 Å². The minimum atomic E-state index is -1.07. The van der Waals surface area contributed by atoms with Crippen molar-refractivity contribution in [3.63, 3.8) is 0 Å². The van der Waals surface area contributed by atoms with E-state index in [0.717, 1.165) is 19.4 Å². The van der Waals surface area contributed by atoms with E-state index < -0.39 is 11.6 Å². The number of hydrogen-bond acceptors (Lipinski definition) is 5. The van der Waals surface area contributed by atoms with Gasteiger partial charge in [0.15, 0.2) is 11.5 Å². The topological polar surface area (TPSA) is 99.7 Å². The molecule has 0 spiro atoms. The lowest BCUT2D eigenvalue weighted by atomic mass is 9.98. The van der Waals surface area contributed by atoms with Crippen LogP contribution >= 0.6 is 0 Å². The van der Waals surface area contributed by atoms with Crippen LogP contribution in [0.3, 0.4) is 0 Å². The number of hydrogen-bond donors (Lipinski definition) is 3. The highest BCUT2D eigenvalue weighted by atomic mass is 16.4. The van der Waals surface area contributed by atoms with E-state index in [1.807, 2.05) is 11.8 Å². The zero-order valence-corrected chi connectivity index (χ0v) is 11.0. The Bertz CT molecular complexity index is 488. The number of anilines is 2. The van der Waals surface area contributed by atoms with Crippen molar-refractivity contribution in [3.05, 3.63) is 17.8 Å². The largest absolute Gasteiger partial charge is 0.477 e. The summed E-state index contributed by atoms with van der Waals surface area (Å²) in [5, 5.41) is 19.0. The van der Waals surface area contributed by atoms with E-state index in [1.54, 1.807) is 6.07 Å². The van der Waals surface area contributed by atoms with Gasteiger partial charge in [-0.1, -0.05) is 0 Å². The van der Waals surface area contributed by atoms with Gasteiger partial charge in [0, 0.05) is 13.1 Å². The number of nitrogen functional groups attached to an aromatic ring is 1. The van der Waals surface area contributed by atoms with Crippen molar-refractivity contribution in [1.29, 1.82) is 0 Å². The number of nitrogens with zero attached hydrogens (tertiary/aromatic N) is 2. The van der Waals surface area contributed by atoms with E-state index in [2.05, 4.69) is 4.98 Å². The Labute approximate surface area is 111 Å². The average molecular weight is 265 g/mol. The fourth-order valence-electron chi connectivity index (χ4n) is 2.31. The van der Waals surface area contributed by atoms with Gasteiger partial charge in [-0.2, -0.15) is 0 Å². The molecule has 1 aliphatic heterocycles. The Morgan fingerprint density at radius 2 is 2.16 bits per heavy atom. The van der Waals surface area contributed by atoms with E-state index in [1.165, 1.54) is 6.07 Å². The molecule has 2 heterocycles. The highest BCUT2D eigenvalue weighted by Gasteiger charge is 2.26. The second kappa shape index (κ2) is 5.05. The standard InChI is InChI=1S/C13H19N3O3/c1-13(19)5-2-7-16(8-6-13)11-9(14)3-4-10(15-11)12(17)18/h3-4,19H,2,5-8,14H2,1H3,(H,17,18). The number of aliphatic hydroxyl groups is 1.